The van der Waals surface area contributed by atoms with E-state index in [2.05, 4.69) is 22.0 Å². The fraction of sp³-hybridized carbons (Fsp3) is 0.308. The number of hydrogen-bond acceptors (Lipinski definition) is 4. The molecule has 1 aliphatic rings. The van der Waals surface area contributed by atoms with Crippen LogP contribution in [0.1, 0.15) is 12.8 Å². The highest BCUT2D eigenvalue weighted by Crippen LogP contribution is 2.36. The Morgan fingerprint density at radius 2 is 1.82 bits per heavy atom. The number of thiazole rings is 1. The Balaban J connectivity index is 1.96. The van der Waals surface area contributed by atoms with Crippen molar-refractivity contribution in [2.75, 3.05) is 23.7 Å². The summed E-state index contributed by atoms with van der Waals surface area (Å²) in [5, 5.41) is 1.89. The second-order valence-corrected chi connectivity index (χ2v) is 5.28. The third-order valence-electron chi connectivity index (χ3n) is 3.07. The quantitative estimate of drug-likeness (QED) is 0.884. The van der Waals surface area contributed by atoms with E-state index in [-0.39, 0.29) is 0 Å². The van der Waals surface area contributed by atoms with E-state index in [9.17, 15) is 0 Å². The average Bonchev–Trinajstić information content (AvgIpc) is 2.99. The molecule has 2 aromatic rings. The lowest BCUT2D eigenvalue weighted by molar-refractivity contribution is 0.949. The minimum atomic E-state index is 0.818. The van der Waals surface area contributed by atoms with Gasteiger partial charge in [0.1, 0.15) is 10.7 Å². The Hall–Kier alpha value is -1.55. The molecule has 88 valence electrons. The topological polar surface area (TPSA) is 42.1 Å². The second-order valence-electron chi connectivity index (χ2n) is 4.27. The van der Waals surface area contributed by atoms with Crippen LogP contribution >= 0.6 is 11.3 Å². The molecule has 0 unspecified atom stereocenters. The maximum atomic E-state index is 6.07. The maximum Gasteiger partial charge on any atom is 0.187 e. The molecule has 3 nitrogen and oxygen atoms in total. The zero-order valence-electron chi connectivity index (χ0n) is 9.60. The molecule has 1 aromatic carbocycles. The van der Waals surface area contributed by atoms with Gasteiger partial charge in [-0.2, -0.15) is 0 Å². The van der Waals surface area contributed by atoms with Crippen molar-refractivity contribution in [1.82, 2.24) is 4.98 Å². The summed E-state index contributed by atoms with van der Waals surface area (Å²) in [6.07, 6.45) is 2.53. The molecule has 1 saturated heterocycles. The van der Waals surface area contributed by atoms with Gasteiger partial charge in [0.2, 0.25) is 0 Å². The van der Waals surface area contributed by atoms with E-state index in [0.29, 0.717) is 0 Å². The fourth-order valence-electron chi connectivity index (χ4n) is 2.17. The molecule has 0 radical (unpaired) electrons. The van der Waals surface area contributed by atoms with Gasteiger partial charge >= 0.3 is 0 Å². The van der Waals surface area contributed by atoms with Crippen LogP contribution in [-0.4, -0.2) is 18.1 Å². The Labute approximate surface area is 105 Å². The van der Waals surface area contributed by atoms with Crippen LogP contribution in [0.15, 0.2) is 30.3 Å². The van der Waals surface area contributed by atoms with E-state index >= 15 is 0 Å². The summed E-state index contributed by atoms with van der Waals surface area (Å²) in [6, 6.07) is 10.2. The van der Waals surface area contributed by atoms with Gasteiger partial charge in [0.05, 0.1) is 0 Å². The first-order valence-electron chi connectivity index (χ1n) is 5.91. The number of nitrogen functional groups attached to an aromatic ring is 1. The average molecular weight is 245 g/mol. The van der Waals surface area contributed by atoms with Gasteiger partial charge in [-0.15, -0.1) is 0 Å². The molecule has 0 aliphatic carbocycles. The third kappa shape index (κ3) is 2.00. The number of benzene rings is 1. The molecular weight excluding hydrogens is 230 g/mol. The van der Waals surface area contributed by atoms with Gasteiger partial charge in [-0.1, -0.05) is 41.7 Å². The van der Waals surface area contributed by atoms with Crippen LogP contribution in [0.2, 0.25) is 0 Å². The molecule has 1 aromatic heterocycles. The number of anilines is 2. The lowest BCUT2D eigenvalue weighted by Crippen LogP contribution is -2.17. The van der Waals surface area contributed by atoms with Gasteiger partial charge in [0.15, 0.2) is 5.13 Å². The van der Waals surface area contributed by atoms with Crippen molar-refractivity contribution in [1.29, 1.82) is 0 Å². The predicted molar refractivity (Wildman–Crippen MR) is 73.4 cm³/mol. The fourth-order valence-corrected chi connectivity index (χ4v) is 3.07. The van der Waals surface area contributed by atoms with Crippen molar-refractivity contribution < 1.29 is 0 Å². The highest BCUT2D eigenvalue weighted by molar-refractivity contribution is 7.19. The summed E-state index contributed by atoms with van der Waals surface area (Å²) in [6.45, 7) is 2.22. The number of hydrogen-bond donors (Lipinski definition) is 1. The molecule has 2 heterocycles. The summed E-state index contributed by atoms with van der Waals surface area (Å²) in [5.41, 5.74) is 8.10. The van der Waals surface area contributed by atoms with E-state index in [4.69, 9.17) is 5.73 Å². The predicted octanol–water partition coefficient (Wildman–Crippen LogP) is 2.99. The molecule has 17 heavy (non-hydrogen) atoms. The van der Waals surface area contributed by atoms with Crippen molar-refractivity contribution in [3.8, 4) is 11.3 Å². The lowest BCUT2D eigenvalue weighted by Gasteiger charge is -2.11. The Morgan fingerprint density at radius 3 is 2.53 bits per heavy atom. The van der Waals surface area contributed by atoms with E-state index in [1.165, 1.54) is 12.8 Å². The van der Waals surface area contributed by atoms with E-state index in [1.807, 2.05) is 18.2 Å². The maximum absolute atomic E-state index is 6.07. The van der Waals surface area contributed by atoms with Crippen molar-refractivity contribution in [3.05, 3.63) is 30.3 Å². The van der Waals surface area contributed by atoms with Gasteiger partial charge < -0.3 is 10.6 Å². The minimum absolute atomic E-state index is 0.818. The summed E-state index contributed by atoms with van der Waals surface area (Å²) < 4.78 is 0. The molecular formula is C13H15N3S. The minimum Gasteiger partial charge on any atom is -0.389 e. The van der Waals surface area contributed by atoms with Crippen LogP contribution < -0.4 is 10.6 Å². The SMILES string of the molecule is Nc1sc(N2CCCC2)nc1-c1ccccc1. The molecule has 0 bridgehead atoms. The molecule has 1 aliphatic heterocycles. The number of nitrogens with zero attached hydrogens (tertiary/aromatic N) is 2. The first-order chi connectivity index (χ1) is 8.34. The highest BCUT2D eigenvalue weighted by atomic mass is 32.1. The smallest absolute Gasteiger partial charge is 0.187 e. The standard InChI is InChI=1S/C13H15N3S/c14-12-11(10-6-2-1-3-7-10)15-13(17-12)16-8-4-5-9-16/h1-3,6-7H,4-5,8-9,14H2. The Kier molecular flexibility index (Phi) is 2.73. The Morgan fingerprint density at radius 1 is 1.12 bits per heavy atom. The summed E-state index contributed by atoms with van der Waals surface area (Å²) in [7, 11) is 0. The molecule has 0 saturated carbocycles. The molecule has 0 atom stereocenters. The highest BCUT2D eigenvalue weighted by Gasteiger charge is 2.18. The zero-order valence-corrected chi connectivity index (χ0v) is 10.4. The van der Waals surface area contributed by atoms with Gasteiger partial charge in [0, 0.05) is 18.7 Å². The van der Waals surface area contributed by atoms with Crippen molar-refractivity contribution >= 4 is 21.5 Å². The van der Waals surface area contributed by atoms with Crippen LogP contribution in [0.4, 0.5) is 10.1 Å². The summed E-state index contributed by atoms with van der Waals surface area (Å²) >= 11 is 1.60. The third-order valence-corrected chi connectivity index (χ3v) is 4.01. The number of rotatable bonds is 2. The van der Waals surface area contributed by atoms with Crippen LogP contribution in [0, 0.1) is 0 Å². The van der Waals surface area contributed by atoms with Crippen molar-refractivity contribution in [3.63, 3.8) is 0 Å². The normalized spacial score (nSPS) is 15.4. The van der Waals surface area contributed by atoms with Gasteiger partial charge in [0.25, 0.3) is 0 Å². The van der Waals surface area contributed by atoms with E-state index in [1.54, 1.807) is 11.3 Å². The number of nitrogens with two attached hydrogens (primary N) is 1. The molecule has 2 N–H and O–H groups in total. The van der Waals surface area contributed by atoms with Crippen LogP contribution in [0.25, 0.3) is 11.3 Å². The van der Waals surface area contributed by atoms with Crippen molar-refractivity contribution in [2.24, 2.45) is 0 Å². The van der Waals surface area contributed by atoms with Gasteiger partial charge in [-0.05, 0) is 12.8 Å². The van der Waals surface area contributed by atoms with Crippen molar-refractivity contribution in [2.45, 2.75) is 12.8 Å². The molecule has 1 fully saturated rings. The molecule has 0 amide bonds. The first kappa shape index (κ1) is 10.6. The molecule has 0 spiro atoms. The van der Waals surface area contributed by atoms with Gasteiger partial charge in [-0.25, -0.2) is 4.98 Å². The Bertz CT molecular complexity index is 501. The van der Waals surface area contributed by atoms with Crippen LogP contribution in [0.5, 0.6) is 0 Å². The van der Waals surface area contributed by atoms with E-state index < -0.39 is 0 Å². The monoisotopic (exact) mass is 245 g/mol. The summed E-state index contributed by atoms with van der Waals surface area (Å²) in [5.74, 6) is 0. The van der Waals surface area contributed by atoms with E-state index in [0.717, 1.165) is 34.5 Å². The number of aromatic nitrogens is 1. The largest absolute Gasteiger partial charge is 0.389 e. The zero-order chi connectivity index (χ0) is 11.7. The molecule has 3 rings (SSSR count). The molecule has 4 heteroatoms. The van der Waals surface area contributed by atoms with Gasteiger partial charge in [-0.3, -0.25) is 0 Å². The second kappa shape index (κ2) is 4.37. The lowest BCUT2D eigenvalue weighted by atomic mass is 10.2. The van der Waals surface area contributed by atoms with Crippen LogP contribution in [-0.2, 0) is 0 Å². The van der Waals surface area contributed by atoms with Crippen LogP contribution in [0.3, 0.4) is 0 Å². The summed E-state index contributed by atoms with van der Waals surface area (Å²) in [4.78, 5) is 7.01. The first-order valence-corrected chi connectivity index (χ1v) is 6.73.